The highest BCUT2D eigenvalue weighted by Gasteiger charge is 2.23. The van der Waals surface area contributed by atoms with E-state index >= 15 is 0 Å². The summed E-state index contributed by atoms with van der Waals surface area (Å²) in [7, 11) is 1.77. The number of carbonyl (C=O) groups excluding carboxylic acids is 2. The van der Waals surface area contributed by atoms with Crippen LogP contribution in [-0.4, -0.2) is 34.2 Å². The van der Waals surface area contributed by atoms with Gasteiger partial charge in [-0.05, 0) is 6.42 Å². The van der Waals surface area contributed by atoms with Crippen molar-refractivity contribution in [3.05, 3.63) is 18.0 Å². The van der Waals surface area contributed by atoms with Gasteiger partial charge in [0, 0.05) is 37.8 Å². The number of nitrogens with zero attached hydrogens (tertiary/aromatic N) is 2. The van der Waals surface area contributed by atoms with E-state index in [0.29, 0.717) is 18.5 Å². The van der Waals surface area contributed by atoms with Crippen molar-refractivity contribution in [2.75, 3.05) is 6.54 Å². The van der Waals surface area contributed by atoms with Crippen LogP contribution in [0.2, 0.25) is 0 Å². The molecule has 1 aliphatic rings. The van der Waals surface area contributed by atoms with E-state index in [2.05, 4.69) is 15.7 Å². The van der Waals surface area contributed by atoms with Crippen molar-refractivity contribution >= 4 is 11.8 Å². The van der Waals surface area contributed by atoms with E-state index in [9.17, 15) is 9.59 Å². The van der Waals surface area contributed by atoms with Gasteiger partial charge in [-0.2, -0.15) is 5.10 Å². The molecule has 18 heavy (non-hydrogen) atoms. The number of nitrogens with two attached hydrogens (primary N) is 1. The van der Waals surface area contributed by atoms with E-state index in [-0.39, 0.29) is 17.9 Å². The van der Waals surface area contributed by atoms with Gasteiger partial charge in [0.05, 0.1) is 6.20 Å². The number of amides is 2. The minimum Gasteiger partial charge on any atom is -0.352 e. The number of nitrogens with one attached hydrogen (secondary N) is 2. The molecule has 0 saturated carbocycles. The lowest BCUT2D eigenvalue weighted by molar-refractivity contribution is -0.123. The SMILES string of the molecule is Cn1cc(C(N)C(=O)NCC2CCC(=O)N2)cn1. The Balaban J connectivity index is 1.82. The monoisotopic (exact) mass is 251 g/mol. The number of aromatic nitrogens is 2. The fraction of sp³-hybridized carbons (Fsp3) is 0.545. The molecule has 0 aromatic carbocycles. The van der Waals surface area contributed by atoms with Gasteiger partial charge in [0.15, 0.2) is 0 Å². The Bertz CT molecular complexity index is 456. The first kappa shape index (κ1) is 12.6. The lowest BCUT2D eigenvalue weighted by Gasteiger charge is -2.14. The van der Waals surface area contributed by atoms with Crippen molar-refractivity contribution < 1.29 is 9.59 Å². The molecule has 7 heteroatoms. The van der Waals surface area contributed by atoms with Crippen LogP contribution in [0.25, 0.3) is 0 Å². The van der Waals surface area contributed by atoms with Crippen molar-refractivity contribution in [3.63, 3.8) is 0 Å². The minimum atomic E-state index is -0.726. The largest absolute Gasteiger partial charge is 0.352 e. The molecule has 2 heterocycles. The molecule has 1 aromatic rings. The third-order valence-electron chi connectivity index (χ3n) is 2.97. The van der Waals surface area contributed by atoms with Crippen LogP contribution in [-0.2, 0) is 16.6 Å². The highest BCUT2D eigenvalue weighted by Crippen LogP contribution is 2.09. The molecular formula is C11H17N5O2. The zero-order chi connectivity index (χ0) is 13.1. The molecule has 0 bridgehead atoms. The summed E-state index contributed by atoms with van der Waals surface area (Å²) < 4.78 is 1.60. The van der Waals surface area contributed by atoms with Crippen LogP contribution in [0.4, 0.5) is 0 Å². The summed E-state index contributed by atoms with van der Waals surface area (Å²) in [6, 6.07) is -0.710. The molecule has 0 radical (unpaired) electrons. The lowest BCUT2D eigenvalue weighted by atomic mass is 10.1. The Kier molecular flexibility index (Phi) is 3.61. The van der Waals surface area contributed by atoms with Crippen LogP contribution in [0.15, 0.2) is 12.4 Å². The van der Waals surface area contributed by atoms with Gasteiger partial charge in [0.2, 0.25) is 11.8 Å². The molecule has 1 fully saturated rings. The number of aryl methyl sites for hydroxylation is 1. The Morgan fingerprint density at radius 2 is 2.56 bits per heavy atom. The summed E-state index contributed by atoms with van der Waals surface area (Å²) in [5, 5.41) is 9.49. The summed E-state index contributed by atoms with van der Waals surface area (Å²) in [6.07, 6.45) is 4.56. The smallest absolute Gasteiger partial charge is 0.241 e. The maximum Gasteiger partial charge on any atom is 0.241 e. The Morgan fingerprint density at radius 1 is 1.78 bits per heavy atom. The van der Waals surface area contributed by atoms with E-state index in [0.717, 1.165) is 6.42 Å². The fourth-order valence-electron chi connectivity index (χ4n) is 1.92. The third kappa shape index (κ3) is 2.86. The van der Waals surface area contributed by atoms with Crippen molar-refractivity contribution in [1.29, 1.82) is 0 Å². The molecule has 0 spiro atoms. The fourth-order valence-corrected chi connectivity index (χ4v) is 1.92. The molecular weight excluding hydrogens is 234 g/mol. The first-order chi connectivity index (χ1) is 8.56. The van der Waals surface area contributed by atoms with Gasteiger partial charge in [-0.25, -0.2) is 0 Å². The van der Waals surface area contributed by atoms with E-state index in [4.69, 9.17) is 5.73 Å². The average molecular weight is 251 g/mol. The molecule has 1 aliphatic heterocycles. The maximum absolute atomic E-state index is 11.8. The predicted molar refractivity (Wildman–Crippen MR) is 64.3 cm³/mol. The van der Waals surface area contributed by atoms with Crippen molar-refractivity contribution in [2.45, 2.75) is 24.9 Å². The number of hydrogen-bond donors (Lipinski definition) is 3. The standard InChI is InChI=1S/C11H17N5O2/c1-16-6-7(4-14-16)10(12)11(18)13-5-8-2-3-9(17)15-8/h4,6,8,10H,2-3,5,12H2,1H3,(H,13,18)(H,15,17). The van der Waals surface area contributed by atoms with Gasteiger partial charge in [-0.3, -0.25) is 14.3 Å². The van der Waals surface area contributed by atoms with E-state index in [1.165, 1.54) is 0 Å². The van der Waals surface area contributed by atoms with Crippen LogP contribution in [0, 0.1) is 0 Å². The van der Waals surface area contributed by atoms with Crippen molar-refractivity contribution in [1.82, 2.24) is 20.4 Å². The summed E-state index contributed by atoms with van der Waals surface area (Å²) in [5.74, 6) is -0.227. The predicted octanol–water partition coefficient (Wildman–Crippen LogP) is -1.19. The van der Waals surface area contributed by atoms with Crippen LogP contribution in [0.1, 0.15) is 24.4 Å². The molecule has 2 atom stereocenters. The van der Waals surface area contributed by atoms with Crippen molar-refractivity contribution in [3.8, 4) is 0 Å². The quantitative estimate of drug-likeness (QED) is 0.626. The summed E-state index contributed by atoms with van der Waals surface area (Å²) in [6.45, 7) is 0.415. The van der Waals surface area contributed by atoms with Gasteiger partial charge in [0.25, 0.3) is 0 Å². The molecule has 4 N–H and O–H groups in total. The molecule has 0 aliphatic carbocycles. The first-order valence-electron chi connectivity index (χ1n) is 5.87. The van der Waals surface area contributed by atoms with E-state index < -0.39 is 6.04 Å². The number of carbonyl (C=O) groups is 2. The van der Waals surface area contributed by atoms with Gasteiger partial charge in [-0.1, -0.05) is 0 Å². The first-order valence-corrected chi connectivity index (χ1v) is 5.87. The van der Waals surface area contributed by atoms with Crippen molar-refractivity contribution in [2.24, 2.45) is 12.8 Å². The van der Waals surface area contributed by atoms with E-state index in [1.807, 2.05) is 0 Å². The van der Waals surface area contributed by atoms with E-state index in [1.54, 1.807) is 24.1 Å². The summed E-state index contributed by atoms with van der Waals surface area (Å²) in [4.78, 5) is 22.8. The zero-order valence-electron chi connectivity index (χ0n) is 10.2. The second-order valence-electron chi connectivity index (χ2n) is 4.47. The Labute approximate surface area is 105 Å². The zero-order valence-corrected chi connectivity index (χ0v) is 10.2. The third-order valence-corrected chi connectivity index (χ3v) is 2.97. The number of hydrogen-bond acceptors (Lipinski definition) is 4. The van der Waals surface area contributed by atoms with Crippen LogP contribution in [0.5, 0.6) is 0 Å². The minimum absolute atomic E-state index is 0.0162. The second-order valence-corrected chi connectivity index (χ2v) is 4.47. The van der Waals surface area contributed by atoms with Gasteiger partial charge in [0.1, 0.15) is 6.04 Å². The molecule has 2 rings (SSSR count). The second kappa shape index (κ2) is 5.18. The summed E-state index contributed by atoms with van der Waals surface area (Å²) in [5.41, 5.74) is 6.48. The number of rotatable bonds is 4. The topological polar surface area (TPSA) is 102 Å². The van der Waals surface area contributed by atoms with Gasteiger partial charge < -0.3 is 16.4 Å². The molecule has 1 saturated heterocycles. The normalized spacial score (nSPS) is 20.6. The summed E-state index contributed by atoms with van der Waals surface area (Å²) >= 11 is 0. The molecule has 7 nitrogen and oxygen atoms in total. The highest BCUT2D eigenvalue weighted by atomic mass is 16.2. The van der Waals surface area contributed by atoms with Crippen LogP contribution in [0.3, 0.4) is 0 Å². The average Bonchev–Trinajstić information content (AvgIpc) is 2.94. The molecule has 2 amide bonds. The van der Waals surface area contributed by atoms with Crippen LogP contribution >= 0.6 is 0 Å². The van der Waals surface area contributed by atoms with Crippen LogP contribution < -0.4 is 16.4 Å². The van der Waals surface area contributed by atoms with Gasteiger partial charge in [-0.15, -0.1) is 0 Å². The Morgan fingerprint density at radius 3 is 3.11 bits per heavy atom. The molecule has 1 aromatic heterocycles. The molecule has 98 valence electrons. The lowest BCUT2D eigenvalue weighted by Crippen LogP contribution is -2.42. The highest BCUT2D eigenvalue weighted by molar-refractivity contribution is 5.83. The maximum atomic E-state index is 11.8. The molecule has 2 unspecified atom stereocenters. The Hall–Kier alpha value is -1.89. The van der Waals surface area contributed by atoms with Gasteiger partial charge >= 0.3 is 0 Å².